The van der Waals surface area contributed by atoms with Gasteiger partial charge in [-0.05, 0) is 30.3 Å². The molecule has 0 fully saturated rings. The van der Waals surface area contributed by atoms with Crippen LogP contribution in [0.5, 0.6) is 0 Å². The van der Waals surface area contributed by atoms with Gasteiger partial charge in [-0.3, -0.25) is 0 Å². The third-order valence-electron chi connectivity index (χ3n) is 1.60. The van der Waals surface area contributed by atoms with Gasteiger partial charge in [-0.2, -0.15) is 4.68 Å². The van der Waals surface area contributed by atoms with E-state index < -0.39 is 0 Å². The second-order valence-corrected chi connectivity index (χ2v) is 2.64. The number of hydrogen-bond acceptors (Lipinski definition) is 5. The van der Waals surface area contributed by atoms with Crippen LogP contribution in [0.1, 0.15) is 11.5 Å². The van der Waals surface area contributed by atoms with Crippen LogP contribution in [0.15, 0.2) is 12.3 Å². The van der Waals surface area contributed by atoms with Crippen molar-refractivity contribution in [3.8, 4) is 5.95 Å². The first-order chi connectivity index (χ1) is 6.27. The summed E-state index contributed by atoms with van der Waals surface area (Å²) in [5, 5.41) is 11.0. The zero-order valence-corrected chi connectivity index (χ0v) is 7.34. The Morgan fingerprint density at radius 2 is 2.15 bits per heavy atom. The minimum absolute atomic E-state index is 0.502. The normalized spacial score (nSPS) is 10.3. The first-order valence-corrected chi connectivity index (χ1v) is 3.82. The molecule has 0 aliphatic carbocycles. The van der Waals surface area contributed by atoms with E-state index in [1.54, 1.807) is 13.1 Å². The van der Waals surface area contributed by atoms with Gasteiger partial charge in [-0.25, -0.2) is 9.97 Å². The average Bonchev–Trinajstić information content (AvgIpc) is 2.51. The molecule has 0 bridgehead atoms. The van der Waals surface area contributed by atoms with Gasteiger partial charge in [0.1, 0.15) is 0 Å². The van der Waals surface area contributed by atoms with E-state index in [0.29, 0.717) is 11.8 Å². The lowest BCUT2D eigenvalue weighted by atomic mass is 10.5. The van der Waals surface area contributed by atoms with Crippen LogP contribution in [0, 0.1) is 13.8 Å². The fraction of sp³-hybridized carbons (Fsp3) is 0.286. The zero-order chi connectivity index (χ0) is 9.26. The number of rotatable bonds is 1. The highest BCUT2D eigenvalue weighted by Crippen LogP contribution is 2.00. The fourth-order valence-electron chi connectivity index (χ4n) is 0.954. The first kappa shape index (κ1) is 7.78. The Hall–Kier alpha value is -1.85. The van der Waals surface area contributed by atoms with E-state index in [-0.39, 0.29) is 0 Å². The molecule has 2 aromatic rings. The molecule has 66 valence electrons. The summed E-state index contributed by atoms with van der Waals surface area (Å²) in [6.07, 6.45) is 1.68. The number of nitrogens with zero attached hydrogens (tertiary/aromatic N) is 6. The number of aromatic nitrogens is 6. The zero-order valence-electron chi connectivity index (χ0n) is 7.34. The Morgan fingerprint density at radius 3 is 2.77 bits per heavy atom. The lowest BCUT2D eigenvalue weighted by Crippen LogP contribution is -2.05. The Morgan fingerprint density at radius 1 is 1.31 bits per heavy atom. The molecule has 0 atom stereocenters. The van der Waals surface area contributed by atoms with Crippen molar-refractivity contribution < 1.29 is 0 Å². The summed E-state index contributed by atoms with van der Waals surface area (Å²) in [5.41, 5.74) is 0.889. The third kappa shape index (κ3) is 1.37. The minimum Gasteiger partial charge on any atom is -0.220 e. The maximum Gasteiger partial charge on any atom is 0.253 e. The lowest BCUT2D eigenvalue weighted by molar-refractivity contribution is 0.732. The van der Waals surface area contributed by atoms with Crippen LogP contribution in [0.3, 0.4) is 0 Å². The number of hydrogen-bond donors (Lipinski definition) is 0. The molecule has 0 aliphatic rings. The average molecular weight is 176 g/mol. The van der Waals surface area contributed by atoms with Crippen molar-refractivity contribution >= 4 is 0 Å². The smallest absolute Gasteiger partial charge is 0.220 e. The maximum absolute atomic E-state index is 4.19. The molecule has 13 heavy (non-hydrogen) atoms. The van der Waals surface area contributed by atoms with Gasteiger partial charge in [-0.1, -0.05) is 0 Å². The van der Waals surface area contributed by atoms with E-state index in [9.17, 15) is 0 Å². The summed E-state index contributed by atoms with van der Waals surface area (Å²) >= 11 is 0. The van der Waals surface area contributed by atoms with Crippen LogP contribution in [0.2, 0.25) is 0 Å². The second-order valence-electron chi connectivity index (χ2n) is 2.64. The van der Waals surface area contributed by atoms with Crippen molar-refractivity contribution in [2.45, 2.75) is 13.8 Å². The molecule has 0 aromatic carbocycles. The van der Waals surface area contributed by atoms with Crippen molar-refractivity contribution in [3.05, 3.63) is 23.8 Å². The summed E-state index contributed by atoms with van der Waals surface area (Å²) in [6.45, 7) is 3.69. The van der Waals surface area contributed by atoms with Gasteiger partial charge in [0.05, 0.1) is 0 Å². The third-order valence-corrected chi connectivity index (χ3v) is 1.60. The summed E-state index contributed by atoms with van der Waals surface area (Å²) in [6, 6.07) is 1.82. The Labute approximate surface area is 74.6 Å². The molecule has 2 aromatic heterocycles. The van der Waals surface area contributed by atoms with Crippen molar-refractivity contribution in [3.63, 3.8) is 0 Å². The molecule has 0 aliphatic heterocycles. The van der Waals surface area contributed by atoms with E-state index in [0.717, 1.165) is 5.69 Å². The molecule has 0 N–H and O–H groups in total. The molecule has 0 saturated heterocycles. The first-order valence-electron chi connectivity index (χ1n) is 3.82. The summed E-state index contributed by atoms with van der Waals surface area (Å²) in [7, 11) is 0. The van der Waals surface area contributed by atoms with E-state index in [2.05, 4.69) is 25.5 Å². The highest BCUT2D eigenvalue weighted by molar-refractivity contribution is 5.12. The van der Waals surface area contributed by atoms with E-state index in [4.69, 9.17) is 0 Å². The molecular formula is C7H8N6. The Bertz CT molecular complexity index is 420. The highest BCUT2D eigenvalue weighted by atomic mass is 15.6. The topological polar surface area (TPSA) is 69.4 Å². The molecule has 0 unspecified atom stereocenters. The monoisotopic (exact) mass is 176 g/mol. The highest BCUT2D eigenvalue weighted by Gasteiger charge is 2.05. The van der Waals surface area contributed by atoms with Gasteiger partial charge in [0.15, 0.2) is 5.82 Å². The fourth-order valence-corrected chi connectivity index (χ4v) is 0.954. The molecule has 2 heterocycles. The van der Waals surface area contributed by atoms with Crippen molar-refractivity contribution in [2.75, 3.05) is 0 Å². The molecule has 6 nitrogen and oxygen atoms in total. The van der Waals surface area contributed by atoms with Crippen molar-refractivity contribution in [2.24, 2.45) is 0 Å². The lowest BCUT2D eigenvalue weighted by Gasteiger charge is -1.98. The van der Waals surface area contributed by atoms with Gasteiger partial charge in [0.25, 0.3) is 5.95 Å². The Balaban J connectivity index is 2.53. The van der Waals surface area contributed by atoms with Crippen molar-refractivity contribution in [1.82, 2.24) is 30.2 Å². The van der Waals surface area contributed by atoms with Gasteiger partial charge in [0, 0.05) is 11.9 Å². The number of tetrazole rings is 1. The molecule has 0 spiro atoms. The predicted molar refractivity (Wildman–Crippen MR) is 44.2 cm³/mol. The SMILES string of the molecule is Cc1ccnc(-n2nnnc2C)n1. The quantitative estimate of drug-likeness (QED) is 0.615. The van der Waals surface area contributed by atoms with Gasteiger partial charge in [0.2, 0.25) is 0 Å². The summed E-state index contributed by atoms with van der Waals surface area (Å²) in [5.74, 6) is 1.17. The second kappa shape index (κ2) is 2.89. The Kier molecular flexibility index (Phi) is 1.73. The van der Waals surface area contributed by atoms with Crippen LogP contribution >= 0.6 is 0 Å². The van der Waals surface area contributed by atoms with Crippen LogP contribution in [-0.2, 0) is 0 Å². The summed E-state index contributed by atoms with van der Waals surface area (Å²) < 4.78 is 1.49. The molecule has 2 rings (SSSR count). The molecular weight excluding hydrogens is 168 g/mol. The minimum atomic E-state index is 0.502. The summed E-state index contributed by atoms with van der Waals surface area (Å²) in [4.78, 5) is 8.24. The molecule has 6 heteroatoms. The van der Waals surface area contributed by atoms with E-state index >= 15 is 0 Å². The molecule has 0 radical (unpaired) electrons. The van der Waals surface area contributed by atoms with Crippen LogP contribution < -0.4 is 0 Å². The molecule has 0 amide bonds. The standard InChI is InChI=1S/C7H8N6/c1-5-3-4-8-7(9-5)13-6(2)10-11-12-13/h3-4H,1-2H3. The van der Waals surface area contributed by atoms with E-state index in [1.807, 2.05) is 13.0 Å². The molecule has 0 saturated carbocycles. The van der Waals surface area contributed by atoms with Crippen LogP contribution in [-0.4, -0.2) is 30.2 Å². The largest absolute Gasteiger partial charge is 0.253 e. The van der Waals surface area contributed by atoms with Crippen LogP contribution in [0.25, 0.3) is 5.95 Å². The predicted octanol–water partition coefficient (Wildman–Crippen LogP) is 0.0691. The van der Waals surface area contributed by atoms with Crippen molar-refractivity contribution in [1.29, 1.82) is 0 Å². The van der Waals surface area contributed by atoms with Crippen LogP contribution in [0.4, 0.5) is 0 Å². The van der Waals surface area contributed by atoms with Gasteiger partial charge in [-0.15, -0.1) is 5.10 Å². The maximum atomic E-state index is 4.19. The number of aryl methyl sites for hydroxylation is 2. The van der Waals surface area contributed by atoms with Gasteiger partial charge >= 0.3 is 0 Å². The van der Waals surface area contributed by atoms with Gasteiger partial charge < -0.3 is 0 Å². The van der Waals surface area contributed by atoms with E-state index in [1.165, 1.54) is 4.68 Å².